The van der Waals surface area contributed by atoms with Crippen molar-refractivity contribution in [1.29, 1.82) is 0 Å². The molecule has 4 aliphatic heterocycles. The first kappa shape index (κ1) is 38.1. The predicted molar refractivity (Wildman–Crippen MR) is 183 cm³/mol. The van der Waals surface area contributed by atoms with Gasteiger partial charge in [-0.2, -0.15) is 0 Å². The first-order valence-corrected chi connectivity index (χ1v) is 20.0. The van der Waals surface area contributed by atoms with Crippen LogP contribution in [0, 0.1) is 46.3 Å². The summed E-state index contributed by atoms with van der Waals surface area (Å²) in [5, 5.41) is 72.4. The summed E-state index contributed by atoms with van der Waals surface area (Å²) in [5.41, 5.74) is 1.70. The highest BCUT2D eigenvalue weighted by Crippen LogP contribution is 2.70. The Kier molecular flexibility index (Phi) is 10.3. The van der Waals surface area contributed by atoms with E-state index in [-0.39, 0.29) is 29.6 Å². The molecule has 8 aliphatic rings. The van der Waals surface area contributed by atoms with E-state index in [1.165, 1.54) is 24.8 Å². The van der Waals surface area contributed by atoms with Gasteiger partial charge in [-0.25, -0.2) is 0 Å². The normalized spacial score (nSPS) is 57.5. The maximum atomic E-state index is 10.9. The van der Waals surface area contributed by atoms with Crippen molar-refractivity contribution in [3.63, 3.8) is 0 Å². The van der Waals surface area contributed by atoms with Crippen LogP contribution in [-0.2, 0) is 28.4 Å². The monoisotopic (exact) mass is 738 g/mol. The quantitative estimate of drug-likeness (QED) is 0.193. The first-order valence-electron chi connectivity index (χ1n) is 20.0. The van der Waals surface area contributed by atoms with Gasteiger partial charge in [0, 0.05) is 12.3 Å². The van der Waals surface area contributed by atoms with Crippen LogP contribution in [0.2, 0.25) is 0 Å². The van der Waals surface area contributed by atoms with Crippen LogP contribution in [0.1, 0.15) is 85.5 Å². The summed E-state index contributed by atoms with van der Waals surface area (Å²) in [6.45, 7) is 9.45. The maximum Gasteiger partial charge on any atom is 0.186 e. The Bertz CT molecular complexity index is 1320. The van der Waals surface area contributed by atoms with Crippen LogP contribution in [0.25, 0.3) is 0 Å². The molecule has 0 unspecified atom stereocenters. The molecule has 0 aromatic rings. The molecule has 7 N–H and O–H groups in total. The molecule has 0 aromatic heterocycles. The Morgan fingerprint density at radius 3 is 2.23 bits per heavy atom. The van der Waals surface area contributed by atoms with Crippen molar-refractivity contribution in [2.45, 2.75) is 165 Å². The number of hydrogen-bond acceptors (Lipinski definition) is 13. The number of hydrogen-bond donors (Lipinski definition) is 7. The van der Waals surface area contributed by atoms with Crippen LogP contribution in [0.3, 0.4) is 0 Å². The molecule has 1 spiro atoms. The van der Waals surface area contributed by atoms with Crippen molar-refractivity contribution in [3.05, 3.63) is 11.6 Å². The van der Waals surface area contributed by atoms with Crippen molar-refractivity contribution >= 4 is 0 Å². The summed E-state index contributed by atoms with van der Waals surface area (Å²) in [6, 6.07) is 0. The third-order valence-corrected chi connectivity index (χ3v) is 15.6. The van der Waals surface area contributed by atoms with Crippen LogP contribution in [0.5, 0.6) is 0 Å². The zero-order valence-corrected chi connectivity index (χ0v) is 31.0. The molecule has 3 saturated carbocycles. The summed E-state index contributed by atoms with van der Waals surface area (Å²) in [5.74, 6) is 2.92. The summed E-state index contributed by atoms with van der Waals surface area (Å²) in [6.07, 6.45) is -2.78. The Morgan fingerprint density at radius 2 is 1.52 bits per heavy atom. The summed E-state index contributed by atoms with van der Waals surface area (Å²) < 4.78 is 36.8. The van der Waals surface area contributed by atoms with Gasteiger partial charge in [-0.15, -0.1) is 0 Å². The second-order valence-corrected chi connectivity index (χ2v) is 18.3. The van der Waals surface area contributed by atoms with E-state index in [0.717, 1.165) is 38.7 Å². The molecule has 8 rings (SSSR count). The molecule has 13 heteroatoms. The fourth-order valence-corrected chi connectivity index (χ4v) is 12.5. The van der Waals surface area contributed by atoms with Gasteiger partial charge in [0.2, 0.25) is 0 Å². The third-order valence-electron chi connectivity index (χ3n) is 15.6. The minimum Gasteiger partial charge on any atom is -0.394 e. The van der Waals surface area contributed by atoms with Crippen LogP contribution in [0.4, 0.5) is 0 Å². The number of allylic oxidation sites excluding steroid dienone is 1. The Hall–Kier alpha value is -0.780. The van der Waals surface area contributed by atoms with E-state index in [1.54, 1.807) is 0 Å². The number of rotatable bonds is 6. The van der Waals surface area contributed by atoms with Crippen LogP contribution >= 0.6 is 0 Å². The Morgan fingerprint density at radius 1 is 0.808 bits per heavy atom. The van der Waals surface area contributed by atoms with Crippen LogP contribution in [0.15, 0.2) is 11.6 Å². The summed E-state index contributed by atoms with van der Waals surface area (Å²) in [7, 11) is 0. The molecule has 0 aromatic carbocycles. The number of aliphatic hydroxyl groups excluding tert-OH is 7. The van der Waals surface area contributed by atoms with Gasteiger partial charge in [-0.3, -0.25) is 0 Å². The second kappa shape index (κ2) is 14.0. The van der Waals surface area contributed by atoms with Crippen molar-refractivity contribution in [2.24, 2.45) is 46.3 Å². The van der Waals surface area contributed by atoms with E-state index < -0.39 is 73.8 Å². The second-order valence-electron chi connectivity index (χ2n) is 18.3. The molecule has 7 fully saturated rings. The molecule has 13 nitrogen and oxygen atoms in total. The highest BCUT2D eigenvalue weighted by atomic mass is 16.7. The summed E-state index contributed by atoms with van der Waals surface area (Å²) in [4.78, 5) is 0. The van der Waals surface area contributed by atoms with Crippen molar-refractivity contribution < 1.29 is 64.2 Å². The average molecular weight is 739 g/mol. The Labute approximate surface area is 306 Å². The standard InChI is InChI=1S/C39H62O13/c1-18-7-12-39(48-16-18)19(2)28-25(52-39)14-24-22-6-5-20-13-21(8-10-37(20,3)23(22)9-11-38(24,28)4)49-36-34(46)32(44)30(42)27(51-36)17-47-35-33(45)31(43)29(41)26(15-40)50-35/h5,18-19,21-36,40-46H,6-17H2,1-4H3/t18-,19+,21+,22-,23+,24+,25+,26-,27-,28+,29-,30-,31+,32+,33-,34-,35-,36-,37+,38+,39-/m1/s1. The molecule has 4 heterocycles. The fraction of sp³-hybridized carbons (Fsp3) is 0.949. The molecule has 296 valence electrons. The molecule has 0 radical (unpaired) electrons. The largest absolute Gasteiger partial charge is 0.394 e. The Balaban J connectivity index is 0.906. The molecule has 0 bridgehead atoms. The zero-order chi connectivity index (χ0) is 36.9. The highest BCUT2D eigenvalue weighted by Gasteiger charge is 2.68. The highest BCUT2D eigenvalue weighted by molar-refractivity contribution is 5.26. The molecule has 4 aliphatic carbocycles. The molecule has 52 heavy (non-hydrogen) atoms. The van der Waals surface area contributed by atoms with Crippen molar-refractivity contribution in [1.82, 2.24) is 0 Å². The van der Waals surface area contributed by atoms with Gasteiger partial charge in [0.05, 0.1) is 32.0 Å². The van der Waals surface area contributed by atoms with Gasteiger partial charge in [0.1, 0.15) is 48.8 Å². The number of ether oxygens (including phenoxy) is 6. The maximum absolute atomic E-state index is 10.9. The predicted octanol–water partition coefficient (Wildman–Crippen LogP) is 1.36. The topological polar surface area (TPSA) is 197 Å². The van der Waals surface area contributed by atoms with E-state index in [1.807, 2.05) is 0 Å². The van der Waals surface area contributed by atoms with E-state index >= 15 is 0 Å². The van der Waals surface area contributed by atoms with Gasteiger partial charge in [-0.05, 0) is 91.8 Å². The third kappa shape index (κ3) is 5.99. The van der Waals surface area contributed by atoms with E-state index in [4.69, 9.17) is 28.4 Å². The lowest BCUT2D eigenvalue weighted by atomic mass is 9.47. The molecular formula is C39H62O13. The lowest BCUT2D eigenvalue weighted by molar-refractivity contribution is -0.336. The van der Waals surface area contributed by atoms with Gasteiger partial charge in [0.15, 0.2) is 18.4 Å². The van der Waals surface area contributed by atoms with Crippen LogP contribution in [-0.4, -0.2) is 135 Å². The SMILES string of the molecule is C[C@@H]1CC[C@@]2(OC1)O[C@H]1C[C@H]3[C@@H]4CC=C5C[C@@H](O[C@@H]6O[C@H](CO[C@@H]7O[C@H](CO)[C@@H](O)[C@H](O)[C@H]7O)[C@@H](O)[C@H](O)[C@H]6O)CC[C@]5(C)[C@H]4CC[C@]3(C)[C@H]1[C@@H]2C. The van der Waals surface area contributed by atoms with Crippen molar-refractivity contribution in [3.8, 4) is 0 Å². The smallest absolute Gasteiger partial charge is 0.186 e. The van der Waals surface area contributed by atoms with Crippen molar-refractivity contribution in [2.75, 3.05) is 19.8 Å². The van der Waals surface area contributed by atoms with E-state index in [9.17, 15) is 35.7 Å². The summed E-state index contributed by atoms with van der Waals surface area (Å²) >= 11 is 0. The molecule has 21 atom stereocenters. The lowest BCUT2D eigenvalue weighted by Crippen LogP contribution is -2.62. The minimum absolute atomic E-state index is 0.0572. The molecule has 0 amide bonds. The fourth-order valence-electron chi connectivity index (χ4n) is 12.5. The number of fused-ring (bicyclic) bond motifs is 7. The lowest BCUT2D eigenvalue weighted by Gasteiger charge is -2.58. The van der Waals surface area contributed by atoms with E-state index in [0.29, 0.717) is 41.9 Å². The van der Waals surface area contributed by atoms with Gasteiger partial charge >= 0.3 is 0 Å². The zero-order valence-electron chi connectivity index (χ0n) is 31.0. The van der Waals surface area contributed by atoms with Gasteiger partial charge in [-0.1, -0.05) is 39.3 Å². The van der Waals surface area contributed by atoms with Gasteiger partial charge in [0.25, 0.3) is 0 Å². The van der Waals surface area contributed by atoms with Gasteiger partial charge < -0.3 is 64.2 Å². The minimum atomic E-state index is -1.63. The van der Waals surface area contributed by atoms with E-state index in [2.05, 4.69) is 33.8 Å². The number of aliphatic hydroxyl groups is 7. The average Bonchev–Trinajstić information content (AvgIpc) is 3.58. The molecule has 4 saturated heterocycles. The first-order chi connectivity index (χ1) is 24.7. The van der Waals surface area contributed by atoms with Crippen LogP contribution < -0.4 is 0 Å². The molecular weight excluding hydrogens is 676 g/mol.